The highest BCUT2D eigenvalue weighted by molar-refractivity contribution is 5.94. The fourth-order valence-corrected chi connectivity index (χ4v) is 1.96. The maximum absolute atomic E-state index is 12.2. The highest BCUT2D eigenvalue weighted by atomic mass is 19.4. The lowest BCUT2D eigenvalue weighted by atomic mass is 10.2. The number of pyridine rings is 1. The number of carbonyl (C=O) groups excluding carboxylic acids is 1. The van der Waals surface area contributed by atoms with Gasteiger partial charge in [0.05, 0.1) is 6.61 Å². The molecule has 25 heavy (non-hydrogen) atoms. The molecule has 0 aliphatic heterocycles. The molecule has 0 bridgehead atoms. The van der Waals surface area contributed by atoms with Crippen molar-refractivity contribution in [2.45, 2.75) is 19.7 Å². The third-order valence-corrected chi connectivity index (χ3v) is 3.07. The Morgan fingerprint density at radius 3 is 2.64 bits per heavy atom. The first-order chi connectivity index (χ1) is 11.9. The molecule has 0 atom stereocenters. The lowest BCUT2D eigenvalue weighted by Crippen LogP contribution is -2.33. The lowest BCUT2D eigenvalue weighted by Gasteiger charge is -2.14. The number of nitrogens with one attached hydrogen (secondary N) is 1. The first kappa shape index (κ1) is 18.6. The van der Waals surface area contributed by atoms with Gasteiger partial charge in [-0.25, -0.2) is 0 Å². The van der Waals surface area contributed by atoms with Crippen molar-refractivity contribution in [3.8, 4) is 11.5 Å². The average molecular weight is 354 g/mol. The van der Waals surface area contributed by atoms with Crippen LogP contribution in [0, 0.1) is 0 Å². The van der Waals surface area contributed by atoms with Crippen molar-refractivity contribution in [2.24, 2.45) is 0 Å². The van der Waals surface area contributed by atoms with Crippen molar-refractivity contribution in [3.63, 3.8) is 0 Å². The Bertz CT molecular complexity index is 706. The van der Waals surface area contributed by atoms with E-state index in [9.17, 15) is 18.0 Å². The van der Waals surface area contributed by atoms with E-state index in [0.29, 0.717) is 12.4 Å². The Kier molecular flexibility index (Phi) is 6.21. The van der Waals surface area contributed by atoms with Crippen molar-refractivity contribution in [1.29, 1.82) is 0 Å². The van der Waals surface area contributed by atoms with Crippen LogP contribution in [0.5, 0.6) is 11.5 Å². The summed E-state index contributed by atoms with van der Waals surface area (Å²) < 4.78 is 47.6. The van der Waals surface area contributed by atoms with Crippen molar-refractivity contribution < 1.29 is 27.4 Å². The average Bonchev–Trinajstić information content (AvgIpc) is 2.59. The molecule has 0 fully saturated rings. The van der Waals surface area contributed by atoms with Gasteiger partial charge >= 0.3 is 6.18 Å². The van der Waals surface area contributed by atoms with E-state index in [-0.39, 0.29) is 17.9 Å². The van der Waals surface area contributed by atoms with Crippen molar-refractivity contribution in [1.82, 2.24) is 10.3 Å². The normalized spacial score (nSPS) is 11.0. The van der Waals surface area contributed by atoms with Crippen LogP contribution in [-0.4, -0.2) is 30.2 Å². The molecule has 1 heterocycles. The van der Waals surface area contributed by atoms with Gasteiger partial charge in [0, 0.05) is 23.5 Å². The van der Waals surface area contributed by atoms with E-state index >= 15 is 0 Å². The first-order valence-corrected chi connectivity index (χ1v) is 7.52. The molecule has 2 rings (SSSR count). The molecule has 1 aromatic carbocycles. The lowest BCUT2D eigenvalue weighted by molar-refractivity contribution is -0.123. The Labute approximate surface area is 142 Å². The summed E-state index contributed by atoms with van der Waals surface area (Å²) in [4.78, 5) is 15.8. The highest BCUT2D eigenvalue weighted by Crippen LogP contribution is 2.29. The Morgan fingerprint density at radius 1 is 1.20 bits per heavy atom. The number of nitrogens with zero attached hydrogens (tertiary/aromatic N) is 1. The van der Waals surface area contributed by atoms with E-state index in [2.05, 4.69) is 4.98 Å². The zero-order valence-electron chi connectivity index (χ0n) is 13.5. The molecule has 134 valence electrons. The number of hydrogen-bond donors (Lipinski definition) is 1. The maximum atomic E-state index is 12.2. The second kappa shape index (κ2) is 8.36. The van der Waals surface area contributed by atoms with E-state index in [1.54, 1.807) is 25.4 Å². The number of alkyl halides is 3. The van der Waals surface area contributed by atoms with Gasteiger partial charge in [0.1, 0.15) is 13.2 Å². The number of halogens is 3. The van der Waals surface area contributed by atoms with Gasteiger partial charge in [-0.15, -0.1) is 0 Å². The summed E-state index contributed by atoms with van der Waals surface area (Å²) in [5, 5.41) is 1.82. The van der Waals surface area contributed by atoms with E-state index in [1.165, 1.54) is 18.2 Å². The minimum Gasteiger partial charge on any atom is -0.490 e. The fourth-order valence-electron chi connectivity index (χ4n) is 1.96. The second-order valence-electron chi connectivity index (χ2n) is 5.04. The number of rotatable bonds is 7. The number of benzene rings is 1. The summed E-state index contributed by atoms with van der Waals surface area (Å²) in [6.07, 6.45) is -1.17. The van der Waals surface area contributed by atoms with Crippen LogP contribution in [0.25, 0.3) is 0 Å². The minimum atomic E-state index is -4.47. The summed E-state index contributed by atoms with van der Waals surface area (Å²) in [6, 6.07) is 7.84. The summed E-state index contributed by atoms with van der Waals surface area (Å²) >= 11 is 0. The van der Waals surface area contributed by atoms with Crippen LogP contribution in [0.4, 0.5) is 13.2 Å². The van der Waals surface area contributed by atoms with Gasteiger partial charge in [0.25, 0.3) is 5.91 Å². The molecule has 8 heteroatoms. The van der Waals surface area contributed by atoms with Crippen molar-refractivity contribution in [3.05, 3.63) is 53.9 Å². The quantitative estimate of drug-likeness (QED) is 0.828. The number of aromatic nitrogens is 1. The van der Waals surface area contributed by atoms with E-state index < -0.39 is 18.6 Å². The second-order valence-corrected chi connectivity index (χ2v) is 5.04. The summed E-state index contributed by atoms with van der Waals surface area (Å²) in [6.45, 7) is 0.917. The summed E-state index contributed by atoms with van der Waals surface area (Å²) in [5.41, 5.74) is 0.901. The van der Waals surface area contributed by atoms with Crippen LogP contribution in [0.15, 0.2) is 42.7 Å². The molecular weight excluding hydrogens is 337 g/mol. The molecule has 0 aliphatic rings. The number of hydrogen-bond acceptors (Lipinski definition) is 4. The van der Waals surface area contributed by atoms with Crippen molar-refractivity contribution in [2.75, 3.05) is 13.2 Å². The molecule has 2 aromatic rings. The molecule has 0 spiro atoms. The largest absolute Gasteiger partial charge is 0.490 e. The zero-order valence-corrected chi connectivity index (χ0v) is 13.5. The molecule has 0 radical (unpaired) electrons. The molecule has 0 aliphatic carbocycles. The van der Waals surface area contributed by atoms with Gasteiger partial charge in [-0.3, -0.25) is 9.78 Å². The van der Waals surface area contributed by atoms with Crippen molar-refractivity contribution >= 4 is 5.91 Å². The number of ether oxygens (including phenoxy) is 2. The third-order valence-electron chi connectivity index (χ3n) is 3.07. The highest BCUT2D eigenvalue weighted by Gasteiger charge is 2.28. The number of amides is 1. The monoisotopic (exact) mass is 354 g/mol. The van der Waals surface area contributed by atoms with Gasteiger partial charge < -0.3 is 14.8 Å². The van der Waals surface area contributed by atoms with E-state index in [1.807, 2.05) is 11.4 Å². The predicted octanol–water partition coefficient (Wildman–Crippen LogP) is 3.35. The molecule has 1 amide bonds. The minimum absolute atomic E-state index is 0.0569. The molecule has 5 nitrogen and oxygen atoms in total. The fraction of sp³-hybridized carbons (Fsp3) is 0.294. The van der Waals surface area contributed by atoms with E-state index in [4.69, 9.17) is 9.47 Å². The van der Waals surface area contributed by atoms with Crippen LogP contribution < -0.4 is 14.8 Å². The summed E-state index contributed by atoms with van der Waals surface area (Å²) in [7, 11) is 0. The Morgan fingerprint density at radius 2 is 2.00 bits per heavy atom. The predicted molar refractivity (Wildman–Crippen MR) is 84.6 cm³/mol. The molecule has 1 N–H and O–H groups in total. The molecule has 1 aromatic heterocycles. The molecule has 0 saturated carbocycles. The smallest absolute Gasteiger partial charge is 0.405 e. The van der Waals surface area contributed by atoms with Gasteiger partial charge in [-0.1, -0.05) is 6.07 Å². The SMILES string of the molecule is CCOc1cc(C(=O)NCC(F)(F)F)ccc1OCc1cccnc1. The topological polar surface area (TPSA) is 60.5 Å². The first-order valence-electron chi connectivity index (χ1n) is 7.52. The van der Waals surface area contributed by atoms with Crippen LogP contribution in [0.1, 0.15) is 22.8 Å². The standard InChI is InChI=1S/C17H17F3N2O3/c1-2-24-15-8-13(16(23)22-11-17(18,19)20)5-6-14(15)25-10-12-4-3-7-21-9-12/h3-9H,2,10-11H2,1H3,(H,22,23). The molecular formula is C17H17F3N2O3. The summed E-state index contributed by atoms with van der Waals surface area (Å²) in [5.74, 6) is -0.166. The zero-order chi connectivity index (χ0) is 18.3. The van der Waals surface area contributed by atoms with Gasteiger partial charge in [0.15, 0.2) is 11.5 Å². The maximum Gasteiger partial charge on any atom is 0.405 e. The number of carbonyl (C=O) groups is 1. The van der Waals surface area contributed by atoms with Crippen LogP contribution in [-0.2, 0) is 6.61 Å². The van der Waals surface area contributed by atoms with Gasteiger partial charge in [-0.05, 0) is 31.2 Å². The van der Waals surface area contributed by atoms with Gasteiger partial charge in [0.2, 0.25) is 0 Å². The van der Waals surface area contributed by atoms with E-state index in [0.717, 1.165) is 5.56 Å². The Hall–Kier alpha value is -2.77. The van der Waals surface area contributed by atoms with Crippen LogP contribution in [0.3, 0.4) is 0 Å². The van der Waals surface area contributed by atoms with Crippen LogP contribution in [0.2, 0.25) is 0 Å². The van der Waals surface area contributed by atoms with Crippen LogP contribution >= 0.6 is 0 Å². The Balaban J connectivity index is 2.09. The molecule has 0 saturated heterocycles. The third kappa shape index (κ3) is 5.98. The van der Waals surface area contributed by atoms with Gasteiger partial charge in [-0.2, -0.15) is 13.2 Å². The molecule has 0 unspecified atom stereocenters.